The number of fused-ring (bicyclic) bond motifs is 2. The summed E-state index contributed by atoms with van der Waals surface area (Å²) in [5.74, 6) is -4.50. The summed E-state index contributed by atoms with van der Waals surface area (Å²) < 4.78 is 0. The zero-order chi connectivity index (χ0) is 28.8. The first-order valence-electron chi connectivity index (χ1n) is 14.0. The van der Waals surface area contributed by atoms with Crippen molar-refractivity contribution in [2.45, 2.75) is 55.4 Å². The highest BCUT2D eigenvalue weighted by molar-refractivity contribution is 5.85. The van der Waals surface area contributed by atoms with Gasteiger partial charge in [-0.25, -0.2) is 19.6 Å². The Balaban J connectivity index is 1.06. The van der Waals surface area contributed by atoms with Crippen LogP contribution in [0.3, 0.4) is 0 Å². The van der Waals surface area contributed by atoms with Gasteiger partial charge in [0.25, 0.3) is 0 Å². The first-order valence-corrected chi connectivity index (χ1v) is 14.0. The molecule has 0 saturated heterocycles. The van der Waals surface area contributed by atoms with Crippen LogP contribution < -0.4 is 10.6 Å². The summed E-state index contributed by atoms with van der Waals surface area (Å²) in [6, 6.07) is -2.40. The van der Waals surface area contributed by atoms with Crippen molar-refractivity contribution in [2.24, 2.45) is 47.3 Å². The lowest BCUT2D eigenvalue weighted by Gasteiger charge is -2.57. The van der Waals surface area contributed by atoms with Gasteiger partial charge in [-0.3, -0.25) is 9.59 Å². The van der Waals surface area contributed by atoms with Gasteiger partial charge in [-0.2, -0.15) is 0 Å². The average Bonchev–Trinajstić information content (AvgIpc) is 3.67. The Morgan fingerprint density at radius 3 is 1.54 bits per heavy atom. The Morgan fingerprint density at radius 1 is 0.780 bits per heavy atom. The van der Waals surface area contributed by atoms with E-state index in [1.54, 1.807) is 0 Å². The number of imidazole rings is 2. The van der Waals surface area contributed by atoms with Crippen molar-refractivity contribution in [3.63, 3.8) is 0 Å². The van der Waals surface area contributed by atoms with Crippen molar-refractivity contribution >= 4 is 23.8 Å². The molecule has 14 heteroatoms. The summed E-state index contributed by atoms with van der Waals surface area (Å²) >= 11 is 0. The molecule has 8 N–H and O–H groups in total. The molecule has 2 amide bonds. The van der Waals surface area contributed by atoms with Crippen LogP contribution in [0.2, 0.25) is 0 Å². The number of hydrogen-bond acceptors (Lipinski definition) is 8. The number of carbonyl (C=O) groups is 4. The maximum atomic E-state index is 13.1. The monoisotopic (exact) mass is 568 g/mol. The first kappa shape index (κ1) is 26.1. The Hall–Kier alpha value is -3.78. The van der Waals surface area contributed by atoms with Gasteiger partial charge in [-0.15, -0.1) is 0 Å². The van der Waals surface area contributed by atoms with E-state index in [0.29, 0.717) is 11.4 Å². The first-order chi connectivity index (χ1) is 19.5. The standard InChI is InChI=1S/C27H32N6O8/c34-16(32-14(24(36)37)1-10-6-28-8-30-10)4-26(40)20-12-3-13-19-18(12)22(26)23(19)27(41,21(13)20)5-17(35)33-15(25(38)39)2-11-7-29-9-31-11/h6-9,12-15,18-23,40-41H,1-5H2,(H,28,30)(H,29,31)(H,32,34)(H,33,35)(H,36,37)(H,38,39)/t12?,13?,14-,15-,18?,19?,20?,21?,22?,23?,26?,27?/m0/s1. The number of carbonyl (C=O) groups excluding carboxylic acids is 2. The third kappa shape index (κ3) is 3.62. The minimum Gasteiger partial charge on any atom is -0.480 e. The van der Waals surface area contributed by atoms with Crippen LogP contribution in [0.5, 0.6) is 0 Å². The molecule has 14 nitrogen and oxygen atoms in total. The molecule has 2 aromatic rings. The minimum atomic E-state index is -1.40. The number of hydrogen-bond donors (Lipinski definition) is 8. The summed E-state index contributed by atoms with van der Waals surface area (Å²) in [6.07, 6.45) is 6.11. The highest BCUT2D eigenvalue weighted by Crippen LogP contribution is 2.88. The summed E-state index contributed by atoms with van der Waals surface area (Å²) in [4.78, 5) is 63.3. The molecule has 7 rings (SSSR count). The zero-order valence-electron chi connectivity index (χ0n) is 21.9. The summed E-state index contributed by atoms with van der Waals surface area (Å²) in [7, 11) is 0. The van der Waals surface area contributed by atoms with E-state index < -0.39 is 58.9 Å². The number of carboxylic acid groups (broad SMARTS) is 2. The second-order valence-corrected chi connectivity index (χ2v) is 12.6. The number of nitrogens with one attached hydrogen (secondary N) is 4. The molecular weight excluding hydrogens is 536 g/mol. The molecule has 5 aliphatic rings. The zero-order valence-corrected chi connectivity index (χ0v) is 21.9. The van der Waals surface area contributed by atoms with Crippen LogP contribution in [0.25, 0.3) is 0 Å². The lowest BCUT2D eigenvalue weighted by atomic mass is 9.50. The number of amides is 2. The number of aromatic nitrogens is 4. The Morgan fingerprint density at radius 2 is 1.20 bits per heavy atom. The van der Waals surface area contributed by atoms with Crippen LogP contribution in [0.15, 0.2) is 25.0 Å². The Kier molecular flexibility index (Phi) is 5.65. The molecule has 5 aliphatic carbocycles. The van der Waals surface area contributed by atoms with Gasteiger partial charge in [0.05, 0.1) is 36.7 Å². The van der Waals surface area contributed by atoms with Gasteiger partial charge in [0, 0.05) is 36.6 Å². The minimum absolute atomic E-state index is 0.0135. The van der Waals surface area contributed by atoms with E-state index in [9.17, 15) is 39.6 Å². The Bertz CT molecular complexity index is 1290. The smallest absolute Gasteiger partial charge is 0.326 e. The van der Waals surface area contributed by atoms with Crippen LogP contribution in [-0.2, 0) is 32.0 Å². The summed E-state index contributed by atoms with van der Waals surface area (Å²) in [5.41, 5.74) is -1.70. The fourth-order valence-corrected chi connectivity index (χ4v) is 10.1. The second-order valence-electron chi connectivity index (χ2n) is 12.6. The SMILES string of the molecule is O=C(CC1(O)C2C3CC4C5C3C1C5C(O)(CC(=O)N[C@@H](Cc1cnc[nH]1)C(=O)O)C42)N[C@@H](Cc1cnc[nH]1)C(=O)O. The quantitative estimate of drug-likeness (QED) is 0.151. The van der Waals surface area contributed by atoms with Crippen LogP contribution in [0, 0.1) is 47.3 Å². The second kappa shape index (κ2) is 8.86. The van der Waals surface area contributed by atoms with E-state index in [2.05, 4.69) is 30.6 Å². The predicted molar refractivity (Wildman–Crippen MR) is 135 cm³/mol. The molecule has 10 unspecified atom stereocenters. The largest absolute Gasteiger partial charge is 0.480 e. The summed E-state index contributed by atoms with van der Waals surface area (Å²) in [6.45, 7) is 0. The lowest BCUT2D eigenvalue weighted by molar-refractivity contribution is -0.219. The van der Waals surface area contributed by atoms with Crippen molar-refractivity contribution in [3.05, 3.63) is 36.4 Å². The van der Waals surface area contributed by atoms with E-state index in [0.717, 1.165) is 6.42 Å². The fourth-order valence-electron chi connectivity index (χ4n) is 10.1. The number of aliphatic carboxylic acids is 2. The van der Waals surface area contributed by atoms with Crippen LogP contribution >= 0.6 is 0 Å². The van der Waals surface area contributed by atoms with E-state index in [1.165, 1.54) is 25.0 Å². The number of H-pyrrole nitrogens is 2. The van der Waals surface area contributed by atoms with Crippen molar-refractivity contribution in [2.75, 3.05) is 0 Å². The van der Waals surface area contributed by atoms with E-state index in [1.807, 2.05) is 0 Å². The van der Waals surface area contributed by atoms with Gasteiger partial charge >= 0.3 is 11.9 Å². The molecule has 0 spiro atoms. The normalized spacial score (nSPS) is 39.9. The Labute approximate surface area is 233 Å². The van der Waals surface area contributed by atoms with Crippen molar-refractivity contribution in [1.82, 2.24) is 30.6 Å². The molecule has 5 fully saturated rings. The molecule has 0 aliphatic heterocycles. The molecule has 0 radical (unpaired) electrons. The molecule has 0 aromatic carbocycles. The van der Waals surface area contributed by atoms with Gasteiger partial charge in [-0.1, -0.05) is 0 Å². The molecule has 2 heterocycles. The number of carboxylic acids is 2. The molecule has 2 aromatic heterocycles. The fraction of sp³-hybridized carbons (Fsp3) is 0.630. The highest BCUT2D eigenvalue weighted by atomic mass is 16.4. The van der Waals surface area contributed by atoms with Gasteiger partial charge in [0.2, 0.25) is 11.8 Å². The van der Waals surface area contributed by atoms with Gasteiger partial charge < -0.3 is 41.0 Å². The van der Waals surface area contributed by atoms with Crippen molar-refractivity contribution < 1.29 is 39.6 Å². The number of aromatic amines is 2. The van der Waals surface area contributed by atoms with Crippen LogP contribution in [0.1, 0.15) is 30.7 Å². The maximum absolute atomic E-state index is 13.1. The predicted octanol–water partition coefficient (Wildman–Crippen LogP) is -1.31. The molecule has 12 atom stereocenters. The number of rotatable bonds is 12. The van der Waals surface area contributed by atoms with E-state index in [-0.39, 0.29) is 61.2 Å². The third-order valence-corrected chi connectivity index (χ3v) is 10.9. The highest BCUT2D eigenvalue weighted by Gasteiger charge is 2.90. The topological polar surface area (TPSA) is 231 Å². The number of nitrogens with zero attached hydrogens (tertiary/aromatic N) is 2. The van der Waals surface area contributed by atoms with Crippen LogP contribution in [0.4, 0.5) is 0 Å². The van der Waals surface area contributed by atoms with E-state index >= 15 is 0 Å². The van der Waals surface area contributed by atoms with E-state index in [4.69, 9.17) is 0 Å². The summed E-state index contributed by atoms with van der Waals surface area (Å²) in [5, 5.41) is 48.5. The third-order valence-electron chi connectivity index (χ3n) is 10.9. The van der Waals surface area contributed by atoms with Gasteiger partial charge in [0.1, 0.15) is 12.1 Å². The van der Waals surface area contributed by atoms with Crippen molar-refractivity contribution in [1.29, 1.82) is 0 Å². The van der Waals surface area contributed by atoms with Crippen LogP contribution in [-0.4, -0.2) is 87.4 Å². The van der Waals surface area contributed by atoms with Gasteiger partial charge in [0.15, 0.2) is 0 Å². The molecule has 5 saturated carbocycles. The van der Waals surface area contributed by atoms with Gasteiger partial charge in [-0.05, 0) is 53.8 Å². The number of aliphatic hydroxyl groups is 2. The molecule has 41 heavy (non-hydrogen) atoms. The molecule has 218 valence electrons. The lowest BCUT2D eigenvalue weighted by Crippen LogP contribution is -2.66. The molecule has 2 bridgehead atoms. The van der Waals surface area contributed by atoms with Crippen molar-refractivity contribution in [3.8, 4) is 0 Å². The average molecular weight is 569 g/mol. The molecular formula is C27H32N6O8. The maximum Gasteiger partial charge on any atom is 0.326 e.